The van der Waals surface area contributed by atoms with Crippen LogP contribution in [0.4, 0.5) is 0 Å². The van der Waals surface area contributed by atoms with E-state index < -0.39 is 0 Å². The van der Waals surface area contributed by atoms with Crippen molar-refractivity contribution in [1.82, 2.24) is 14.5 Å². The number of para-hydroxylation sites is 2. The van der Waals surface area contributed by atoms with Gasteiger partial charge in [0.2, 0.25) is 0 Å². The van der Waals surface area contributed by atoms with Crippen molar-refractivity contribution in [2.45, 2.75) is 33.1 Å². The monoisotopic (exact) mass is 681 g/mol. The maximum absolute atomic E-state index is 5.40. The summed E-state index contributed by atoms with van der Waals surface area (Å²) < 4.78 is 3.84. The molecule has 0 amide bonds. The Morgan fingerprint density at radius 2 is 1.54 bits per heavy atom. The van der Waals surface area contributed by atoms with Gasteiger partial charge in [0.05, 0.1) is 22.4 Å². The summed E-state index contributed by atoms with van der Waals surface area (Å²) in [6, 6.07) is 30.9. The molecule has 0 radical (unpaired) electrons. The first-order chi connectivity index (χ1) is 24.4. The van der Waals surface area contributed by atoms with E-state index in [0.29, 0.717) is 5.82 Å². The molecule has 1 aliphatic heterocycles. The van der Waals surface area contributed by atoms with Crippen LogP contribution in [0.2, 0.25) is 0 Å². The van der Waals surface area contributed by atoms with E-state index >= 15 is 0 Å². The number of rotatable bonds is 6. The highest BCUT2D eigenvalue weighted by molar-refractivity contribution is 7.25. The summed E-state index contributed by atoms with van der Waals surface area (Å²) in [5.41, 5.74) is 11.0. The Bertz CT molecular complexity index is 2800. The number of aromatic nitrogens is 3. The largest absolute Gasteiger partial charge is 0.300 e. The Kier molecular flexibility index (Phi) is 6.96. The fourth-order valence-electron chi connectivity index (χ4n) is 7.94. The van der Waals surface area contributed by atoms with Crippen LogP contribution in [0.25, 0.3) is 82.9 Å². The SMILES string of the molecule is C=Cc1c(/C=C\C)sc(/C(=C\C)c2nc(-c3ccc4c(c3)C(C)(C)c3cccc5c6c7ccccc7sc6n-4c35)c3ccccc3n2)c1C=C. The summed E-state index contributed by atoms with van der Waals surface area (Å²) in [6.45, 7) is 17.1. The van der Waals surface area contributed by atoms with E-state index in [-0.39, 0.29) is 5.41 Å². The van der Waals surface area contributed by atoms with Gasteiger partial charge in [-0.1, -0.05) is 112 Å². The zero-order chi connectivity index (χ0) is 34.3. The highest BCUT2D eigenvalue weighted by atomic mass is 32.1. The van der Waals surface area contributed by atoms with Crippen LogP contribution in [0.15, 0.2) is 110 Å². The van der Waals surface area contributed by atoms with Crippen molar-refractivity contribution in [3.8, 4) is 16.9 Å². The molecule has 0 unspecified atom stereocenters. The Morgan fingerprint density at radius 3 is 2.32 bits per heavy atom. The predicted molar refractivity (Wildman–Crippen MR) is 219 cm³/mol. The number of hydrogen-bond acceptors (Lipinski definition) is 4. The van der Waals surface area contributed by atoms with E-state index in [1.165, 1.54) is 48.0 Å². The van der Waals surface area contributed by atoms with Gasteiger partial charge in [0.25, 0.3) is 0 Å². The van der Waals surface area contributed by atoms with E-state index in [0.717, 1.165) is 48.6 Å². The summed E-state index contributed by atoms with van der Waals surface area (Å²) >= 11 is 3.61. The quantitative estimate of drug-likeness (QED) is 0.175. The number of benzene rings is 4. The highest BCUT2D eigenvalue weighted by Gasteiger charge is 2.36. The molecule has 0 atom stereocenters. The second kappa shape index (κ2) is 11.3. The van der Waals surface area contributed by atoms with Gasteiger partial charge >= 0.3 is 0 Å². The van der Waals surface area contributed by atoms with E-state index in [2.05, 4.69) is 142 Å². The lowest BCUT2D eigenvalue weighted by atomic mass is 9.74. The van der Waals surface area contributed by atoms with Gasteiger partial charge in [-0.25, -0.2) is 9.97 Å². The first-order valence-corrected chi connectivity index (χ1v) is 18.6. The normalized spacial score (nSPS) is 14.0. The number of nitrogens with zero attached hydrogens (tertiary/aromatic N) is 3. The van der Waals surface area contributed by atoms with Crippen LogP contribution in [0, 0.1) is 0 Å². The number of allylic oxidation sites excluding steroid dienone is 2. The van der Waals surface area contributed by atoms with Crippen LogP contribution in [0.3, 0.4) is 0 Å². The van der Waals surface area contributed by atoms with Crippen molar-refractivity contribution in [2.24, 2.45) is 0 Å². The molecule has 4 aromatic heterocycles. The summed E-state index contributed by atoms with van der Waals surface area (Å²) in [5, 5.41) is 5.04. The maximum atomic E-state index is 5.40. The molecule has 5 heterocycles. The standard InChI is InChI=1S/C45H35N3S2/c1-7-16-37-27(8-2)28(9-3)42(49-37)29(10-4)43-46-35-21-13-11-17-30(35)40(47-43)26-23-24-36-34(25-26)45(5,6)33-20-15-19-32-39-31-18-12-14-22-38(31)50-44(39)48(36)41(32)33/h7-25H,2-3H2,1,4-6H3/b16-7-,29-10+. The number of fused-ring (bicyclic) bond motifs is 8. The first-order valence-electron chi connectivity index (χ1n) is 17.0. The molecule has 0 saturated heterocycles. The fourth-order valence-corrected chi connectivity index (χ4v) is 10.5. The number of hydrogen-bond donors (Lipinski definition) is 0. The van der Waals surface area contributed by atoms with Crippen LogP contribution >= 0.6 is 22.7 Å². The van der Waals surface area contributed by atoms with Gasteiger partial charge in [-0.05, 0) is 60.9 Å². The average molecular weight is 682 g/mol. The van der Waals surface area contributed by atoms with E-state index in [1.54, 1.807) is 11.3 Å². The van der Waals surface area contributed by atoms with Crippen molar-refractivity contribution in [3.63, 3.8) is 0 Å². The zero-order valence-corrected chi connectivity index (χ0v) is 30.2. The second-order valence-corrected chi connectivity index (χ2v) is 15.4. The zero-order valence-electron chi connectivity index (χ0n) is 28.5. The van der Waals surface area contributed by atoms with Crippen molar-refractivity contribution in [1.29, 1.82) is 0 Å². The van der Waals surface area contributed by atoms with Gasteiger partial charge in [0.15, 0.2) is 5.82 Å². The summed E-state index contributed by atoms with van der Waals surface area (Å²) in [4.78, 5) is 14.1. The number of thiophene rings is 2. The minimum Gasteiger partial charge on any atom is -0.300 e. The Balaban J connectivity index is 1.28. The van der Waals surface area contributed by atoms with Crippen LogP contribution in [0.5, 0.6) is 0 Å². The van der Waals surface area contributed by atoms with Crippen LogP contribution < -0.4 is 0 Å². The van der Waals surface area contributed by atoms with E-state index in [9.17, 15) is 0 Å². The molecule has 0 aliphatic carbocycles. The summed E-state index contributed by atoms with van der Waals surface area (Å²) in [7, 11) is 0. The molecule has 4 aromatic carbocycles. The molecule has 0 saturated carbocycles. The fraction of sp³-hybridized carbons (Fsp3) is 0.111. The molecular weight excluding hydrogens is 647 g/mol. The van der Waals surface area contributed by atoms with Gasteiger partial charge < -0.3 is 4.57 Å². The minimum atomic E-state index is -0.225. The third-order valence-electron chi connectivity index (χ3n) is 10.3. The molecule has 3 nitrogen and oxygen atoms in total. The molecule has 8 aromatic rings. The third-order valence-corrected chi connectivity index (χ3v) is 12.7. The van der Waals surface area contributed by atoms with Gasteiger partial charge in [-0.2, -0.15) is 0 Å². The predicted octanol–water partition coefficient (Wildman–Crippen LogP) is 13.1. The molecule has 50 heavy (non-hydrogen) atoms. The summed E-state index contributed by atoms with van der Waals surface area (Å²) in [6.07, 6.45) is 10.2. The lowest BCUT2D eigenvalue weighted by Gasteiger charge is -2.35. The van der Waals surface area contributed by atoms with Crippen LogP contribution in [0.1, 0.15) is 65.5 Å². The van der Waals surface area contributed by atoms with Gasteiger partial charge in [0.1, 0.15) is 4.83 Å². The van der Waals surface area contributed by atoms with Crippen molar-refractivity contribution in [2.75, 3.05) is 0 Å². The Labute approximate surface area is 299 Å². The van der Waals surface area contributed by atoms with Gasteiger partial charge in [-0.3, -0.25) is 0 Å². The van der Waals surface area contributed by atoms with Gasteiger partial charge in [0, 0.05) is 58.1 Å². The Hall–Kier alpha value is -5.36. The topological polar surface area (TPSA) is 30.7 Å². The van der Waals surface area contributed by atoms with Crippen molar-refractivity contribution >= 4 is 88.6 Å². The Morgan fingerprint density at radius 1 is 0.780 bits per heavy atom. The summed E-state index contributed by atoms with van der Waals surface area (Å²) in [5.74, 6) is 0.703. The molecule has 0 bridgehead atoms. The second-order valence-electron chi connectivity index (χ2n) is 13.3. The average Bonchev–Trinajstić information content (AvgIpc) is 3.79. The third kappa shape index (κ3) is 4.20. The van der Waals surface area contributed by atoms with Crippen molar-refractivity contribution in [3.05, 3.63) is 148 Å². The van der Waals surface area contributed by atoms with Crippen molar-refractivity contribution < 1.29 is 0 Å². The molecule has 0 spiro atoms. The minimum absolute atomic E-state index is 0.225. The lowest BCUT2D eigenvalue weighted by Crippen LogP contribution is -2.26. The highest BCUT2D eigenvalue weighted by Crippen LogP contribution is 2.51. The van der Waals surface area contributed by atoms with Crippen LogP contribution in [-0.4, -0.2) is 14.5 Å². The molecule has 9 rings (SSSR count). The smallest absolute Gasteiger partial charge is 0.161 e. The van der Waals surface area contributed by atoms with Crippen LogP contribution in [-0.2, 0) is 5.41 Å². The molecule has 5 heteroatoms. The molecule has 0 N–H and O–H groups in total. The lowest BCUT2D eigenvalue weighted by molar-refractivity contribution is 0.630. The molecule has 1 aliphatic rings. The van der Waals surface area contributed by atoms with E-state index in [1.807, 2.05) is 30.4 Å². The van der Waals surface area contributed by atoms with E-state index in [4.69, 9.17) is 9.97 Å². The first kappa shape index (κ1) is 30.7. The maximum Gasteiger partial charge on any atom is 0.161 e. The molecule has 242 valence electrons. The molecule has 0 fully saturated rings. The van der Waals surface area contributed by atoms with Gasteiger partial charge in [-0.15, -0.1) is 22.7 Å². The molecular formula is C45H35N3S2.